The summed E-state index contributed by atoms with van der Waals surface area (Å²) in [5.74, 6) is 3.62. The van der Waals surface area contributed by atoms with Gasteiger partial charge in [0, 0.05) is 30.8 Å². The molecule has 1 aliphatic heterocycles. The smallest absolute Gasteiger partial charge is 0.411 e. The molecule has 116 valence electrons. The van der Waals surface area contributed by atoms with Crippen LogP contribution in [-0.4, -0.2) is 38.4 Å². The van der Waals surface area contributed by atoms with Crippen LogP contribution in [0.5, 0.6) is 0 Å². The summed E-state index contributed by atoms with van der Waals surface area (Å²) < 4.78 is 52.5. The summed E-state index contributed by atoms with van der Waals surface area (Å²) in [4.78, 5) is 0.0571. The molecule has 0 aliphatic carbocycles. The molecule has 1 aromatic carbocycles. The number of rotatable bonds is 2. The van der Waals surface area contributed by atoms with Crippen molar-refractivity contribution in [3.05, 3.63) is 29.8 Å². The Morgan fingerprint density at radius 1 is 1.29 bits per heavy atom. The summed E-state index contributed by atoms with van der Waals surface area (Å²) in [7, 11) is -2.98. The predicted octanol–water partition coefficient (Wildman–Crippen LogP) is 2.62. The number of benzene rings is 1. The maximum absolute atomic E-state index is 12.8. The monoisotopic (exact) mass is 320 g/mol. The van der Waals surface area contributed by atoms with E-state index in [0.29, 0.717) is 31.6 Å². The number of nitrogens with zero attached hydrogens (tertiary/aromatic N) is 2. The largest absolute Gasteiger partial charge is 0.416 e. The topological polar surface area (TPSA) is 52.9 Å². The van der Waals surface area contributed by atoms with Crippen LogP contribution in [0.3, 0.4) is 0 Å². The summed E-state index contributed by atoms with van der Waals surface area (Å²) in [6.45, 7) is 0.663. The molecule has 0 saturated carbocycles. The van der Waals surface area contributed by atoms with E-state index in [-0.39, 0.29) is 4.90 Å². The van der Waals surface area contributed by atoms with E-state index in [0.717, 1.165) is 12.1 Å². The summed E-state index contributed by atoms with van der Waals surface area (Å²) in [6, 6.07) is 4.44. The highest BCUT2D eigenvalue weighted by molar-refractivity contribution is 7.98. The van der Waals surface area contributed by atoms with Crippen LogP contribution in [0.1, 0.15) is 18.4 Å². The fraction of sp³-hybridized carbons (Fsp3) is 0.385. The van der Waals surface area contributed by atoms with E-state index in [1.807, 2.05) is 0 Å². The Kier molecular flexibility index (Phi) is 4.29. The van der Waals surface area contributed by atoms with Crippen LogP contribution in [0, 0.1) is 0 Å². The zero-order chi connectivity index (χ0) is 15.7. The fourth-order valence-corrected chi connectivity index (χ4v) is 3.83. The predicted molar refractivity (Wildman–Crippen MR) is 75.0 cm³/mol. The van der Waals surface area contributed by atoms with Gasteiger partial charge in [0.15, 0.2) is 0 Å². The van der Waals surface area contributed by atoms with Crippen molar-refractivity contribution in [1.82, 2.24) is 4.31 Å². The zero-order valence-corrected chi connectivity index (χ0v) is 12.0. The second-order valence-corrected chi connectivity index (χ2v) is 7.03. The van der Waals surface area contributed by atoms with E-state index in [4.69, 9.17) is 5.21 Å². The van der Waals surface area contributed by atoms with Gasteiger partial charge in [-0.2, -0.15) is 13.2 Å². The molecule has 1 fully saturated rings. The van der Waals surface area contributed by atoms with Crippen LogP contribution in [0.4, 0.5) is 13.2 Å². The quantitative estimate of drug-likeness (QED) is 0.517. The minimum atomic E-state index is -4.48. The third kappa shape index (κ3) is 3.38. The van der Waals surface area contributed by atoms with Crippen LogP contribution >= 0.6 is 0 Å². The van der Waals surface area contributed by atoms with Crippen LogP contribution in [0.2, 0.25) is 0 Å². The molecular formula is C13H15F3N2O2S. The number of halogens is 3. The molecule has 0 aromatic heterocycles. The van der Waals surface area contributed by atoms with E-state index in [1.165, 1.54) is 16.4 Å². The first-order valence-corrected chi connectivity index (χ1v) is 7.93. The Morgan fingerprint density at radius 2 is 1.90 bits per heavy atom. The molecule has 21 heavy (non-hydrogen) atoms. The molecule has 1 aliphatic rings. The second-order valence-electron chi connectivity index (χ2n) is 4.76. The first kappa shape index (κ1) is 15.8. The lowest BCUT2D eigenvalue weighted by atomic mass is 10.1. The number of oxime groups is 1. The third-order valence-electron chi connectivity index (χ3n) is 3.39. The van der Waals surface area contributed by atoms with Crippen molar-refractivity contribution in [2.24, 2.45) is 5.16 Å². The Hall–Kier alpha value is -1.54. The Balaban J connectivity index is 2.28. The molecule has 1 N–H and O–H groups in total. The molecular weight excluding hydrogens is 305 g/mol. The van der Waals surface area contributed by atoms with Crippen molar-refractivity contribution >= 4 is 21.3 Å². The normalized spacial score (nSPS) is 20.0. The van der Waals surface area contributed by atoms with E-state index >= 15 is 0 Å². The van der Waals surface area contributed by atoms with E-state index in [1.54, 1.807) is 0 Å². The standard InChI is InChI=1S/C13H15F3N2O2S/c1-21(20,18-7-5-11(17-19)6-8-18)12-4-2-3-10(9-12)13(14,15)16/h2-4,9,19H,1,5-8H2. The van der Waals surface area contributed by atoms with Gasteiger partial charge < -0.3 is 5.21 Å². The first-order chi connectivity index (χ1) is 9.75. The lowest BCUT2D eigenvalue weighted by molar-refractivity contribution is -0.137. The Bertz CT molecular complexity index is 644. The van der Waals surface area contributed by atoms with Gasteiger partial charge in [0.2, 0.25) is 0 Å². The highest BCUT2D eigenvalue weighted by Crippen LogP contribution is 2.31. The van der Waals surface area contributed by atoms with Gasteiger partial charge in [0.05, 0.1) is 21.0 Å². The molecule has 1 unspecified atom stereocenters. The van der Waals surface area contributed by atoms with Crippen molar-refractivity contribution in [3.63, 3.8) is 0 Å². The van der Waals surface area contributed by atoms with Gasteiger partial charge in [-0.25, -0.2) is 8.51 Å². The van der Waals surface area contributed by atoms with Crippen molar-refractivity contribution in [2.45, 2.75) is 23.9 Å². The average molecular weight is 320 g/mol. The van der Waals surface area contributed by atoms with Crippen LogP contribution in [0.15, 0.2) is 34.3 Å². The van der Waals surface area contributed by atoms with Crippen molar-refractivity contribution in [3.8, 4) is 0 Å². The minimum Gasteiger partial charge on any atom is -0.411 e. The van der Waals surface area contributed by atoms with E-state index < -0.39 is 21.4 Å². The number of alkyl halides is 3. The third-order valence-corrected chi connectivity index (χ3v) is 5.58. The van der Waals surface area contributed by atoms with Crippen LogP contribution < -0.4 is 0 Å². The van der Waals surface area contributed by atoms with Gasteiger partial charge >= 0.3 is 6.18 Å². The number of hydrogen-bond acceptors (Lipinski definition) is 3. The summed E-state index contributed by atoms with van der Waals surface area (Å²) in [6.07, 6.45) is -3.64. The highest BCUT2D eigenvalue weighted by Gasteiger charge is 2.32. The maximum Gasteiger partial charge on any atom is 0.416 e. The highest BCUT2D eigenvalue weighted by atomic mass is 32.2. The first-order valence-electron chi connectivity index (χ1n) is 6.24. The van der Waals surface area contributed by atoms with Crippen molar-refractivity contribution in [1.29, 1.82) is 0 Å². The molecule has 0 bridgehead atoms. The maximum atomic E-state index is 12.8. The van der Waals surface area contributed by atoms with E-state index in [9.17, 15) is 17.4 Å². The zero-order valence-electron chi connectivity index (χ0n) is 11.1. The summed E-state index contributed by atoms with van der Waals surface area (Å²) in [5.41, 5.74) is -0.253. The van der Waals surface area contributed by atoms with Gasteiger partial charge in [-0.05, 0) is 24.1 Å². The second kappa shape index (κ2) is 5.69. The van der Waals surface area contributed by atoms with Gasteiger partial charge in [-0.3, -0.25) is 0 Å². The average Bonchev–Trinajstić information content (AvgIpc) is 2.46. The molecule has 1 saturated heterocycles. The van der Waals surface area contributed by atoms with Gasteiger partial charge in [-0.15, -0.1) is 0 Å². The Labute approximate surface area is 121 Å². The van der Waals surface area contributed by atoms with E-state index in [2.05, 4.69) is 11.0 Å². The lowest BCUT2D eigenvalue weighted by Crippen LogP contribution is -2.38. The Morgan fingerprint density at radius 3 is 2.43 bits per heavy atom. The minimum absolute atomic E-state index is 0.0571. The summed E-state index contributed by atoms with van der Waals surface area (Å²) >= 11 is 0. The fourth-order valence-electron chi connectivity index (χ4n) is 2.16. The van der Waals surface area contributed by atoms with Crippen LogP contribution in [0.25, 0.3) is 0 Å². The molecule has 1 heterocycles. The van der Waals surface area contributed by atoms with Gasteiger partial charge in [0.25, 0.3) is 0 Å². The van der Waals surface area contributed by atoms with Crippen LogP contribution in [-0.2, 0) is 15.9 Å². The van der Waals surface area contributed by atoms with Gasteiger partial charge in [-0.1, -0.05) is 11.2 Å². The molecule has 1 aromatic rings. The molecule has 0 radical (unpaired) electrons. The molecule has 8 heteroatoms. The molecule has 2 rings (SSSR count). The number of piperidine rings is 1. The van der Waals surface area contributed by atoms with Crippen molar-refractivity contribution < 1.29 is 22.6 Å². The SMILES string of the molecule is C=S(=O)(c1cccc(C(F)(F)F)c1)N1CCC(=NO)CC1. The molecule has 0 amide bonds. The van der Waals surface area contributed by atoms with Crippen molar-refractivity contribution in [2.75, 3.05) is 13.1 Å². The molecule has 4 nitrogen and oxygen atoms in total. The number of hydrogen-bond donors (Lipinski definition) is 1. The molecule has 0 spiro atoms. The van der Waals surface area contributed by atoms with Gasteiger partial charge in [0.1, 0.15) is 0 Å². The summed E-state index contributed by atoms with van der Waals surface area (Å²) in [5, 5.41) is 11.8. The lowest BCUT2D eigenvalue weighted by Gasteiger charge is -2.30. The molecule has 1 atom stereocenters.